The Morgan fingerprint density at radius 1 is 1.46 bits per heavy atom. The van der Waals surface area contributed by atoms with Crippen molar-refractivity contribution in [3.63, 3.8) is 0 Å². The summed E-state index contributed by atoms with van der Waals surface area (Å²) in [6.45, 7) is 4.80. The first-order valence-corrected chi connectivity index (χ1v) is 10.3. The Bertz CT molecular complexity index is 579. The van der Waals surface area contributed by atoms with E-state index < -0.39 is 0 Å². The Hall–Kier alpha value is -1.07. The van der Waals surface area contributed by atoms with Crippen LogP contribution >= 0.6 is 11.3 Å². The molecule has 0 bridgehead atoms. The number of fused-ring (bicyclic) bond motifs is 2. The predicted molar refractivity (Wildman–Crippen MR) is 99.4 cm³/mol. The Kier molecular flexibility index (Phi) is 4.56. The second-order valence-corrected chi connectivity index (χ2v) is 8.37. The van der Waals surface area contributed by atoms with Crippen molar-refractivity contribution in [2.75, 3.05) is 20.2 Å². The minimum atomic E-state index is 0.374. The van der Waals surface area contributed by atoms with Gasteiger partial charge in [-0.3, -0.25) is 4.99 Å². The van der Waals surface area contributed by atoms with Gasteiger partial charge in [0.05, 0.1) is 6.10 Å². The van der Waals surface area contributed by atoms with Gasteiger partial charge in [0.1, 0.15) is 0 Å². The lowest BCUT2D eigenvalue weighted by Gasteiger charge is -2.57. The van der Waals surface area contributed by atoms with Gasteiger partial charge < -0.3 is 15.0 Å². The molecule has 132 valence electrons. The fourth-order valence-electron chi connectivity index (χ4n) is 5.20. The Balaban J connectivity index is 1.49. The van der Waals surface area contributed by atoms with E-state index in [1.807, 2.05) is 0 Å². The normalized spacial score (nSPS) is 31.1. The minimum absolute atomic E-state index is 0.374. The molecule has 1 aliphatic heterocycles. The molecule has 3 unspecified atom stereocenters. The van der Waals surface area contributed by atoms with Crippen molar-refractivity contribution in [3.05, 3.63) is 22.4 Å². The van der Waals surface area contributed by atoms with E-state index in [1.165, 1.54) is 37.7 Å². The first-order chi connectivity index (χ1) is 11.7. The summed E-state index contributed by atoms with van der Waals surface area (Å²) in [6.07, 6.45) is 7.06. The van der Waals surface area contributed by atoms with Crippen LogP contribution in [-0.4, -0.2) is 43.2 Å². The minimum Gasteiger partial charge on any atom is -0.377 e. The maximum Gasteiger partial charge on any atom is 0.194 e. The molecule has 4 nitrogen and oxygen atoms in total. The van der Waals surface area contributed by atoms with Crippen molar-refractivity contribution in [1.82, 2.24) is 10.2 Å². The van der Waals surface area contributed by atoms with E-state index in [0.29, 0.717) is 23.5 Å². The molecule has 5 heteroatoms. The summed E-state index contributed by atoms with van der Waals surface area (Å²) < 4.78 is 6.12. The summed E-state index contributed by atoms with van der Waals surface area (Å²) in [6, 6.07) is 2.75. The van der Waals surface area contributed by atoms with Crippen molar-refractivity contribution in [2.24, 2.45) is 16.3 Å². The molecule has 3 atom stereocenters. The van der Waals surface area contributed by atoms with Gasteiger partial charge >= 0.3 is 0 Å². The van der Waals surface area contributed by atoms with Crippen LogP contribution in [0.3, 0.4) is 0 Å². The third-order valence-corrected chi connectivity index (χ3v) is 6.97. The van der Waals surface area contributed by atoms with Gasteiger partial charge in [-0.25, -0.2) is 0 Å². The second-order valence-electron chi connectivity index (χ2n) is 7.59. The first kappa shape index (κ1) is 16.4. The molecular weight excluding hydrogens is 318 g/mol. The number of guanidine groups is 1. The van der Waals surface area contributed by atoms with Crippen LogP contribution in [0, 0.1) is 11.3 Å². The molecule has 4 rings (SSSR count). The van der Waals surface area contributed by atoms with Crippen LogP contribution in [0.15, 0.2) is 21.8 Å². The highest BCUT2D eigenvalue weighted by molar-refractivity contribution is 7.07. The second kappa shape index (κ2) is 6.68. The topological polar surface area (TPSA) is 36.9 Å². The fourth-order valence-corrected chi connectivity index (χ4v) is 5.86. The summed E-state index contributed by atoms with van der Waals surface area (Å²) in [5.74, 6) is 1.74. The largest absolute Gasteiger partial charge is 0.377 e. The van der Waals surface area contributed by atoms with Crippen molar-refractivity contribution in [3.8, 4) is 0 Å². The highest BCUT2D eigenvalue weighted by atomic mass is 32.1. The zero-order chi connectivity index (χ0) is 16.6. The summed E-state index contributed by atoms with van der Waals surface area (Å²) in [5.41, 5.74) is 1.73. The van der Waals surface area contributed by atoms with Crippen LogP contribution in [-0.2, 0) is 11.3 Å². The molecule has 2 heterocycles. The van der Waals surface area contributed by atoms with Crippen molar-refractivity contribution < 1.29 is 4.74 Å². The quantitative estimate of drug-likeness (QED) is 0.669. The average molecular weight is 348 g/mol. The number of rotatable bonds is 4. The van der Waals surface area contributed by atoms with Gasteiger partial charge in [0.25, 0.3) is 0 Å². The number of hydrogen-bond donors (Lipinski definition) is 1. The molecular formula is C19H29N3OS. The lowest BCUT2D eigenvalue weighted by molar-refractivity contribution is -0.125. The number of nitrogens with one attached hydrogen (secondary N) is 1. The Labute approximate surface area is 149 Å². The van der Waals surface area contributed by atoms with Crippen LogP contribution in [0.25, 0.3) is 0 Å². The Morgan fingerprint density at radius 2 is 2.29 bits per heavy atom. The zero-order valence-electron chi connectivity index (χ0n) is 14.8. The molecule has 0 amide bonds. The lowest BCUT2D eigenvalue weighted by atomic mass is 9.54. The van der Waals surface area contributed by atoms with E-state index >= 15 is 0 Å². The Morgan fingerprint density at radius 3 is 3.00 bits per heavy atom. The van der Waals surface area contributed by atoms with Gasteiger partial charge in [-0.15, -0.1) is 0 Å². The third kappa shape index (κ3) is 2.66. The summed E-state index contributed by atoms with van der Waals surface area (Å²) in [7, 11) is 2.15. The molecule has 1 aromatic rings. The zero-order valence-corrected chi connectivity index (χ0v) is 15.6. The number of nitrogens with zero attached hydrogens (tertiary/aromatic N) is 2. The molecule has 1 N–H and O–H groups in total. The maximum atomic E-state index is 6.12. The summed E-state index contributed by atoms with van der Waals surface area (Å²) in [4.78, 5) is 7.06. The van der Waals surface area contributed by atoms with E-state index in [0.717, 1.165) is 25.7 Å². The van der Waals surface area contributed by atoms with E-state index in [9.17, 15) is 0 Å². The van der Waals surface area contributed by atoms with Crippen molar-refractivity contribution >= 4 is 17.3 Å². The lowest BCUT2D eigenvalue weighted by Crippen LogP contribution is -2.69. The number of thiophene rings is 1. The van der Waals surface area contributed by atoms with Gasteiger partial charge in [0.15, 0.2) is 5.96 Å². The molecule has 1 saturated heterocycles. The van der Waals surface area contributed by atoms with Gasteiger partial charge in [-0.05, 0) is 48.6 Å². The first-order valence-electron chi connectivity index (χ1n) is 9.39. The number of ether oxygens (including phenoxy) is 1. The number of hydrogen-bond acceptors (Lipinski definition) is 3. The van der Waals surface area contributed by atoms with Gasteiger partial charge in [-0.2, -0.15) is 11.3 Å². The van der Waals surface area contributed by atoms with Crippen LogP contribution in [0.5, 0.6) is 0 Å². The fraction of sp³-hybridized carbons (Fsp3) is 0.737. The summed E-state index contributed by atoms with van der Waals surface area (Å²) in [5, 5.41) is 8.24. The standard InChI is InChI=1S/C19H29N3OS/c1-3-20-18(22(2)12-14-7-11-24-13-14)21-16-15-6-10-23-17(15)19(16)8-4-5-9-19/h7,11,13,15-17H,3-6,8-10,12H2,1-2H3,(H,20,21). The highest BCUT2D eigenvalue weighted by Gasteiger charge is 2.65. The molecule has 3 fully saturated rings. The molecule has 0 radical (unpaired) electrons. The SMILES string of the molecule is CCN=C(NC1C2CCOC2C12CCCC2)N(C)Cc1ccsc1. The van der Waals surface area contributed by atoms with Crippen LogP contribution < -0.4 is 5.32 Å². The maximum absolute atomic E-state index is 6.12. The molecule has 2 saturated carbocycles. The van der Waals surface area contributed by atoms with Crippen LogP contribution in [0.1, 0.15) is 44.6 Å². The third-order valence-electron chi connectivity index (χ3n) is 6.24. The van der Waals surface area contributed by atoms with Crippen LogP contribution in [0.4, 0.5) is 0 Å². The molecule has 1 spiro atoms. The van der Waals surface area contributed by atoms with E-state index in [2.05, 4.69) is 41.0 Å². The van der Waals surface area contributed by atoms with E-state index in [1.54, 1.807) is 11.3 Å². The molecule has 24 heavy (non-hydrogen) atoms. The number of aliphatic imine (C=N–C) groups is 1. The molecule has 3 aliphatic rings. The van der Waals surface area contributed by atoms with Gasteiger partial charge in [-0.1, -0.05) is 12.8 Å². The average Bonchev–Trinajstić information content (AvgIpc) is 3.30. The van der Waals surface area contributed by atoms with E-state index in [4.69, 9.17) is 9.73 Å². The predicted octanol–water partition coefficient (Wildman–Crippen LogP) is 3.49. The van der Waals surface area contributed by atoms with Gasteiger partial charge in [0.2, 0.25) is 0 Å². The summed E-state index contributed by atoms with van der Waals surface area (Å²) >= 11 is 1.76. The molecule has 1 aromatic heterocycles. The van der Waals surface area contributed by atoms with E-state index in [-0.39, 0.29) is 0 Å². The molecule has 0 aromatic carbocycles. The smallest absolute Gasteiger partial charge is 0.194 e. The van der Waals surface area contributed by atoms with Crippen molar-refractivity contribution in [2.45, 2.75) is 57.7 Å². The van der Waals surface area contributed by atoms with Gasteiger partial charge in [0, 0.05) is 44.1 Å². The van der Waals surface area contributed by atoms with Crippen LogP contribution in [0.2, 0.25) is 0 Å². The monoisotopic (exact) mass is 347 g/mol. The molecule has 2 aliphatic carbocycles. The van der Waals surface area contributed by atoms with Crippen molar-refractivity contribution in [1.29, 1.82) is 0 Å². The highest BCUT2D eigenvalue weighted by Crippen LogP contribution is 2.60.